The van der Waals surface area contributed by atoms with Crippen LogP contribution in [-0.2, 0) is 16.1 Å². The Hall–Kier alpha value is -2.10. The van der Waals surface area contributed by atoms with Crippen molar-refractivity contribution in [2.24, 2.45) is 17.8 Å². The molecular weight excluding hydrogens is 266 g/mol. The van der Waals surface area contributed by atoms with Gasteiger partial charge in [0, 0.05) is 12.5 Å². The molecule has 2 aliphatic rings. The number of benzene rings is 1. The summed E-state index contributed by atoms with van der Waals surface area (Å²) in [6.45, 7) is 0.446. The van der Waals surface area contributed by atoms with Gasteiger partial charge in [-0.1, -0.05) is 24.3 Å². The van der Waals surface area contributed by atoms with Crippen molar-refractivity contribution < 1.29 is 14.3 Å². The number of hydrogen-bond donors (Lipinski definition) is 1. The van der Waals surface area contributed by atoms with E-state index in [2.05, 4.69) is 17.5 Å². The van der Waals surface area contributed by atoms with Crippen molar-refractivity contribution in [3.05, 3.63) is 47.5 Å². The van der Waals surface area contributed by atoms with Crippen LogP contribution in [0.3, 0.4) is 0 Å². The third-order valence-corrected chi connectivity index (χ3v) is 4.43. The van der Waals surface area contributed by atoms with E-state index in [1.54, 1.807) is 18.2 Å². The third-order valence-electron chi connectivity index (χ3n) is 4.43. The van der Waals surface area contributed by atoms with Crippen molar-refractivity contribution in [2.45, 2.75) is 19.4 Å². The number of nitrogens with one attached hydrogen (secondary N) is 1. The number of carbonyl (C=O) groups is 2. The molecule has 0 aliphatic heterocycles. The SMILES string of the molecule is COC(=O)c1cccc(CNC(=O)[C@@H]2C[C@H]3C=C[C@H]2C3)c1. The molecule has 0 aromatic heterocycles. The van der Waals surface area contributed by atoms with Crippen molar-refractivity contribution in [1.82, 2.24) is 5.32 Å². The Morgan fingerprint density at radius 2 is 2.14 bits per heavy atom. The normalized spacial score (nSPS) is 25.9. The van der Waals surface area contributed by atoms with Gasteiger partial charge < -0.3 is 10.1 Å². The first-order valence-electron chi connectivity index (χ1n) is 7.30. The molecular formula is C17H19NO3. The fraction of sp³-hybridized carbons (Fsp3) is 0.412. The first-order chi connectivity index (χ1) is 10.2. The predicted octanol–water partition coefficient (Wildman–Crippen LogP) is 2.30. The molecule has 4 heteroatoms. The van der Waals surface area contributed by atoms with Gasteiger partial charge in [-0.05, 0) is 42.4 Å². The second-order valence-electron chi connectivity index (χ2n) is 5.80. The largest absolute Gasteiger partial charge is 0.465 e. The third kappa shape index (κ3) is 2.84. The van der Waals surface area contributed by atoms with E-state index >= 15 is 0 Å². The highest BCUT2D eigenvalue weighted by Crippen LogP contribution is 2.43. The summed E-state index contributed by atoms with van der Waals surface area (Å²) in [5.74, 6) is 0.880. The highest BCUT2D eigenvalue weighted by Gasteiger charge is 2.39. The number of fused-ring (bicyclic) bond motifs is 2. The number of methoxy groups -OCH3 is 1. The van der Waals surface area contributed by atoms with Gasteiger partial charge in [0.2, 0.25) is 5.91 Å². The Balaban J connectivity index is 1.59. The Kier molecular flexibility index (Phi) is 3.78. The van der Waals surface area contributed by atoms with Crippen LogP contribution >= 0.6 is 0 Å². The zero-order valence-electron chi connectivity index (χ0n) is 12.0. The topological polar surface area (TPSA) is 55.4 Å². The first-order valence-corrected chi connectivity index (χ1v) is 7.30. The molecule has 1 N–H and O–H groups in total. The zero-order chi connectivity index (χ0) is 14.8. The molecule has 0 heterocycles. The lowest BCUT2D eigenvalue weighted by Crippen LogP contribution is -2.32. The Morgan fingerprint density at radius 3 is 2.81 bits per heavy atom. The molecule has 1 fully saturated rings. The predicted molar refractivity (Wildman–Crippen MR) is 78.5 cm³/mol. The van der Waals surface area contributed by atoms with E-state index in [1.165, 1.54) is 7.11 Å². The lowest BCUT2D eigenvalue weighted by atomic mass is 9.93. The van der Waals surface area contributed by atoms with Gasteiger partial charge in [-0.3, -0.25) is 4.79 Å². The number of hydrogen-bond acceptors (Lipinski definition) is 3. The lowest BCUT2D eigenvalue weighted by molar-refractivity contribution is -0.125. The van der Waals surface area contributed by atoms with Crippen LogP contribution in [0.2, 0.25) is 0 Å². The molecule has 21 heavy (non-hydrogen) atoms. The zero-order valence-corrected chi connectivity index (χ0v) is 12.0. The standard InChI is InChI=1S/C17H19NO3/c1-21-17(20)14-4-2-3-12(8-14)10-18-16(19)15-9-11-5-6-13(15)7-11/h2-6,8,11,13,15H,7,9-10H2,1H3,(H,18,19)/t11-,13-,15+/m0/s1. The van der Waals surface area contributed by atoms with E-state index < -0.39 is 0 Å². The van der Waals surface area contributed by atoms with Gasteiger partial charge in [0.25, 0.3) is 0 Å². The molecule has 0 unspecified atom stereocenters. The van der Waals surface area contributed by atoms with Gasteiger partial charge in [-0.15, -0.1) is 0 Å². The first kappa shape index (κ1) is 13.9. The number of rotatable bonds is 4. The molecule has 1 amide bonds. The van der Waals surface area contributed by atoms with E-state index in [1.807, 2.05) is 6.07 Å². The van der Waals surface area contributed by atoms with Crippen LogP contribution in [0.25, 0.3) is 0 Å². The molecule has 3 rings (SSSR count). The fourth-order valence-electron chi connectivity index (χ4n) is 3.33. The highest BCUT2D eigenvalue weighted by molar-refractivity contribution is 5.89. The van der Waals surface area contributed by atoms with Crippen molar-refractivity contribution in [3.63, 3.8) is 0 Å². The van der Waals surface area contributed by atoms with Crippen LogP contribution in [0.4, 0.5) is 0 Å². The number of ether oxygens (including phenoxy) is 1. The van der Waals surface area contributed by atoms with Crippen LogP contribution in [0.1, 0.15) is 28.8 Å². The molecule has 2 aliphatic carbocycles. The van der Waals surface area contributed by atoms with E-state index in [0.29, 0.717) is 23.9 Å². The summed E-state index contributed by atoms with van der Waals surface area (Å²) in [5, 5.41) is 2.98. The average Bonchev–Trinajstić information content (AvgIpc) is 3.15. The summed E-state index contributed by atoms with van der Waals surface area (Å²) < 4.78 is 4.70. The summed E-state index contributed by atoms with van der Waals surface area (Å²) in [6.07, 6.45) is 6.50. The van der Waals surface area contributed by atoms with E-state index in [0.717, 1.165) is 18.4 Å². The fourth-order valence-corrected chi connectivity index (χ4v) is 3.33. The Morgan fingerprint density at radius 1 is 1.29 bits per heavy atom. The smallest absolute Gasteiger partial charge is 0.337 e. The summed E-state index contributed by atoms with van der Waals surface area (Å²) in [4.78, 5) is 23.7. The Labute approximate surface area is 124 Å². The van der Waals surface area contributed by atoms with Crippen LogP contribution < -0.4 is 5.32 Å². The number of carbonyl (C=O) groups excluding carboxylic acids is 2. The van der Waals surface area contributed by atoms with Gasteiger partial charge in [-0.25, -0.2) is 4.79 Å². The van der Waals surface area contributed by atoms with Gasteiger partial charge in [0.1, 0.15) is 0 Å². The molecule has 1 aromatic carbocycles. The summed E-state index contributed by atoms with van der Waals surface area (Å²) in [5.41, 5.74) is 1.41. The highest BCUT2D eigenvalue weighted by atomic mass is 16.5. The molecule has 3 atom stereocenters. The molecule has 0 spiro atoms. The van der Waals surface area contributed by atoms with Crippen molar-refractivity contribution >= 4 is 11.9 Å². The number of esters is 1. The summed E-state index contributed by atoms with van der Waals surface area (Å²) in [7, 11) is 1.36. The minimum absolute atomic E-state index is 0.115. The number of allylic oxidation sites excluding steroid dienone is 2. The minimum Gasteiger partial charge on any atom is -0.465 e. The maximum absolute atomic E-state index is 12.2. The van der Waals surface area contributed by atoms with E-state index in [4.69, 9.17) is 4.74 Å². The van der Waals surface area contributed by atoms with E-state index in [-0.39, 0.29) is 17.8 Å². The Bertz CT molecular complexity index is 593. The second-order valence-corrected chi connectivity index (χ2v) is 5.80. The maximum atomic E-state index is 12.2. The van der Waals surface area contributed by atoms with Crippen LogP contribution in [-0.4, -0.2) is 19.0 Å². The summed E-state index contributed by atoms with van der Waals surface area (Å²) >= 11 is 0. The van der Waals surface area contributed by atoms with Crippen molar-refractivity contribution in [1.29, 1.82) is 0 Å². The average molecular weight is 285 g/mol. The minimum atomic E-state index is -0.360. The van der Waals surface area contributed by atoms with Crippen molar-refractivity contribution in [2.75, 3.05) is 7.11 Å². The monoisotopic (exact) mass is 285 g/mol. The van der Waals surface area contributed by atoms with Crippen molar-refractivity contribution in [3.8, 4) is 0 Å². The van der Waals surface area contributed by atoms with Crippen LogP contribution in [0.5, 0.6) is 0 Å². The van der Waals surface area contributed by atoms with Gasteiger partial charge in [0.15, 0.2) is 0 Å². The van der Waals surface area contributed by atoms with E-state index in [9.17, 15) is 9.59 Å². The molecule has 0 saturated heterocycles. The molecule has 4 nitrogen and oxygen atoms in total. The lowest BCUT2D eigenvalue weighted by Gasteiger charge is -2.17. The maximum Gasteiger partial charge on any atom is 0.337 e. The van der Waals surface area contributed by atoms with Gasteiger partial charge in [0.05, 0.1) is 12.7 Å². The second kappa shape index (κ2) is 5.72. The summed E-state index contributed by atoms with van der Waals surface area (Å²) in [6, 6.07) is 7.16. The van der Waals surface area contributed by atoms with Gasteiger partial charge in [-0.2, -0.15) is 0 Å². The van der Waals surface area contributed by atoms with Crippen LogP contribution in [0.15, 0.2) is 36.4 Å². The molecule has 110 valence electrons. The molecule has 1 aromatic rings. The van der Waals surface area contributed by atoms with Crippen LogP contribution in [0, 0.1) is 17.8 Å². The molecule has 1 saturated carbocycles. The molecule has 0 radical (unpaired) electrons. The number of amides is 1. The van der Waals surface area contributed by atoms with Gasteiger partial charge >= 0.3 is 5.97 Å². The quantitative estimate of drug-likeness (QED) is 0.682. The molecule has 2 bridgehead atoms.